The predicted octanol–water partition coefficient (Wildman–Crippen LogP) is 11.4. The largest absolute Gasteiger partial charge is 0.456 e. The van der Waals surface area contributed by atoms with Gasteiger partial charge in [0.15, 0.2) is 0 Å². The molecule has 5 heteroatoms. The van der Waals surface area contributed by atoms with E-state index < -0.39 is 0 Å². The first-order chi connectivity index (χ1) is 25.2. The number of nitrogens with zero attached hydrogens (tertiary/aromatic N) is 2. The van der Waals surface area contributed by atoms with Crippen LogP contribution in [-0.2, 0) is 6.54 Å². The van der Waals surface area contributed by atoms with Gasteiger partial charge in [-0.25, -0.2) is 0 Å². The van der Waals surface area contributed by atoms with Crippen molar-refractivity contribution in [3.8, 4) is 22.3 Å². The van der Waals surface area contributed by atoms with Gasteiger partial charge in [-0.05, 0) is 70.3 Å². The van der Waals surface area contributed by atoms with E-state index >= 15 is 0 Å². The highest BCUT2D eigenvalue weighted by molar-refractivity contribution is 6.21. The molecule has 51 heavy (non-hydrogen) atoms. The van der Waals surface area contributed by atoms with E-state index in [1.807, 2.05) is 60.7 Å². The van der Waals surface area contributed by atoms with Gasteiger partial charge < -0.3 is 14.2 Å². The SMILES string of the molecule is CN=C(NC(=NCc1cccc(-c2ccc(-c3ccccc3)cc2)c1)c1ccc2oc3ccccc3c2c1)c1cccc2c1oc1ccccc12. The van der Waals surface area contributed by atoms with E-state index in [2.05, 4.69) is 108 Å². The van der Waals surface area contributed by atoms with Crippen LogP contribution in [-0.4, -0.2) is 18.7 Å². The summed E-state index contributed by atoms with van der Waals surface area (Å²) in [5.41, 5.74) is 10.9. The van der Waals surface area contributed by atoms with Gasteiger partial charge in [0.25, 0.3) is 0 Å². The quantitative estimate of drug-likeness (QED) is 0.143. The third-order valence-corrected chi connectivity index (χ3v) is 9.44. The van der Waals surface area contributed by atoms with Crippen LogP contribution >= 0.6 is 0 Å². The Hall–Kier alpha value is -6.72. The molecule has 2 aromatic heterocycles. The number of aliphatic imine (C=N–C) groups is 2. The zero-order valence-electron chi connectivity index (χ0n) is 28.0. The lowest BCUT2D eigenvalue weighted by molar-refractivity contribution is 0.668. The zero-order chi connectivity index (χ0) is 34.1. The molecule has 0 saturated carbocycles. The minimum Gasteiger partial charge on any atom is -0.456 e. The summed E-state index contributed by atoms with van der Waals surface area (Å²) >= 11 is 0. The fourth-order valence-corrected chi connectivity index (χ4v) is 6.87. The summed E-state index contributed by atoms with van der Waals surface area (Å²) < 4.78 is 12.5. The minimum atomic E-state index is 0.467. The maximum absolute atomic E-state index is 6.39. The van der Waals surface area contributed by atoms with Gasteiger partial charge in [0.05, 0.1) is 12.1 Å². The van der Waals surface area contributed by atoms with E-state index in [4.69, 9.17) is 18.8 Å². The van der Waals surface area contributed by atoms with Gasteiger partial charge >= 0.3 is 0 Å². The summed E-state index contributed by atoms with van der Waals surface area (Å²) in [4.78, 5) is 9.95. The molecule has 0 unspecified atom stereocenters. The number of hydrogen-bond donors (Lipinski definition) is 1. The van der Waals surface area contributed by atoms with Gasteiger partial charge in [-0.15, -0.1) is 0 Å². The van der Waals surface area contributed by atoms with Crippen molar-refractivity contribution in [3.05, 3.63) is 180 Å². The molecule has 0 aliphatic rings. The van der Waals surface area contributed by atoms with Crippen molar-refractivity contribution in [2.24, 2.45) is 9.98 Å². The highest BCUT2D eigenvalue weighted by Gasteiger charge is 2.17. The Morgan fingerprint density at radius 3 is 1.88 bits per heavy atom. The van der Waals surface area contributed by atoms with Crippen LogP contribution in [0.4, 0.5) is 0 Å². The molecule has 1 N–H and O–H groups in total. The Bertz CT molecular complexity index is 2750. The van der Waals surface area contributed by atoms with Crippen LogP contribution in [0.1, 0.15) is 16.7 Å². The van der Waals surface area contributed by atoms with Gasteiger partial charge in [0, 0.05) is 34.2 Å². The van der Waals surface area contributed by atoms with Crippen molar-refractivity contribution >= 4 is 55.5 Å². The van der Waals surface area contributed by atoms with Gasteiger partial charge in [-0.1, -0.05) is 121 Å². The van der Waals surface area contributed by atoms with Gasteiger partial charge in [0.2, 0.25) is 0 Å². The Labute approximate surface area is 295 Å². The molecule has 5 nitrogen and oxygen atoms in total. The van der Waals surface area contributed by atoms with Crippen molar-refractivity contribution in [3.63, 3.8) is 0 Å². The molecular formula is C46H33N3O2. The van der Waals surface area contributed by atoms with E-state index in [0.29, 0.717) is 18.2 Å². The van der Waals surface area contributed by atoms with Gasteiger partial charge in [-0.3, -0.25) is 9.98 Å². The molecule has 0 atom stereocenters. The molecule has 0 bridgehead atoms. The number of amidine groups is 2. The first kappa shape index (κ1) is 30.3. The average Bonchev–Trinajstić information content (AvgIpc) is 3.77. The maximum Gasteiger partial charge on any atom is 0.146 e. The van der Waals surface area contributed by atoms with E-state index in [9.17, 15) is 0 Å². The molecule has 0 aliphatic carbocycles. The molecule has 9 rings (SSSR count). The first-order valence-corrected chi connectivity index (χ1v) is 17.1. The summed E-state index contributed by atoms with van der Waals surface area (Å²) in [6.45, 7) is 0.467. The molecule has 0 radical (unpaired) electrons. The summed E-state index contributed by atoms with van der Waals surface area (Å²) in [6, 6.07) is 56.4. The normalized spacial score (nSPS) is 12.3. The van der Waals surface area contributed by atoms with Crippen LogP contribution in [0.5, 0.6) is 0 Å². The highest BCUT2D eigenvalue weighted by Crippen LogP contribution is 2.32. The Morgan fingerprint density at radius 1 is 0.490 bits per heavy atom. The molecule has 244 valence electrons. The average molecular weight is 660 g/mol. The second-order valence-electron chi connectivity index (χ2n) is 12.6. The number of rotatable bonds is 6. The second kappa shape index (κ2) is 13.0. The van der Waals surface area contributed by atoms with Gasteiger partial charge in [0.1, 0.15) is 34.0 Å². The van der Waals surface area contributed by atoms with Crippen LogP contribution < -0.4 is 5.32 Å². The van der Waals surface area contributed by atoms with Crippen molar-refractivity contribution in [2.45, 2.75) is 6.54 Å². The van der Waals surface area contributed by atoms with Crippen molar-refractivity contribution < 1.29 is 8.83 Å². The lowest BCUT2D eigenvalue weighted by atomic mass is 9.99. The fourth-order valence-electron chi connectivity index (χ4n) is 6.87. The molecule has 0 spiro atoms. The minimum absolute atomic E-state index is 0.467. The fraction of sp³-hybridized carbons (Fsp3) is 0.0435. The molecular weight excluding hydrogens is 627 g/mol. The summed E-state index contributed by atoms with van der Waals surface area (Å²) in [5, 5.41) is 7.85. The van der Waals surface area contributed by atoms with Crippen molar-refractivity contribution in [2.75, 3.05) is 7.05 Å². The summed E-state index contributed by atoms with van der Waals surface area (Å²) in [7, 11) is 1.79. The third kappa shape index (κ3) is 5.75. The summed E-state index contributed by atoms with van der Waals surface area (Å²) in [6.07, 6.45) is 0. The van der Waals surface area contributed by atoms with Crippen LogP contribution in [0, 0.1) is 0 Å². The van der Waals surface area contributed by atoms with Crippen LogP contribution in [0.15, 0.2) is 183 Å². The molecule has 7 aromatic carbocycles. The van der Waals surface area contributed by atoms with E-state index in [-0.39, 0.29) is 0 Å². The van der Waals surface area contributed by atoms with Crippen molar-refractivity contribution in [1.82, 2.24) is 5.32 Å². The first-order valence-electron chi connectivity index (χ1n) is 17.1. The Morgan fingerprint density at radius 2 is 1.10 bits per heavy atom. The Balaban J connectivity index is 1.09. The molecule has 9 aromatic rings. The van der Waals surface area contributed by atoms with E-state index in [1.165, 1.54) is 11.1 Å². The molecule has 0 aliphatic heterocycles. The molecule has 2 heterocycles. The third-order valence-electron chi connectivity index (χ3n) is 9.44. The molecule has 0 fully saturated rings. The number of para-hydroxylation sites is 3. The Kier molecular flexibility index (Phi) is 7.71. The van der Waals surface area contributed by atoms with Crippen LogP contribution in [0.3, 0.4) is 0 Å². The van der Waals surface area contributed by atoms with E-state index in [1.54, 1.807) is 7.05 Å². The molecule has 0 saturated heterocycles. The number of furan rings is 2. The predicted molar refractivity (Wildman–Crippen MR) is 211 cm³/mol. The molecule has 0 amide bonds. The number of nitrogens with one attached hydrogen (secondary N) is 1. The highest BCUT2D eigenvalue weighted by atomic mass is 16.3. The van der Waals surface area contributed by atoms with Crippen LogP contribution in [0.25, 0.3) is 66.1 Å². The summed E-state index contributed by atoms with van der Waals surface area (Å²) in [5.74, 6) is 1.37. The smallest absolute Gasteiger partial charge is 0.146 e. The second-order valence-corrected chi connectivity index (χ2v) is 12.6. The number of hydrogen-bond acceptors (Lipinski definition) is 4. The number of fused-ring (bicyclic) bond motifs is 6. The van der Waals surface area contributed by atoms with E-state index in [0.717, 1.165) is 71.7 Å². The maximum atomic E-state index is 6.39. The van der Waals surface area contributed by atoms with Gasteiger partial charge in [-0.2, -0.15) is 0 Å². The number of benzene rings is 7. The standard InChI is InChI=1S/C46H33N3O2/c1-47-46(39-18-10-17-38-36-15-5-8-20-42(36)51-44(38)39)49-45(35-25-26-43-40(28-35)37-16-6-7-19-41(37)50-43)48-29-30-11-9-14-34(27-30)33-23-21-32(22-24-33)31-12-3-2-4-13-31/h2-28H,29H2,1H3,(H,47,48,49). The van der Waals surface area contributed by atoms with Crippen molar-refractivity contribution in [1.29, 1.82) is 0 Å². The van der Waals surface area contributed by atoms with Crippen LogP contribution in [0.2, 0.25) is 0 Å². The topological polar surface area (TPSA) is 63.0 Å². The zero-order valence-corrected chi connectivity index (χ0v) is 28.0. The monoisotopic (exact) mass is 659 g/mol. The lowest BCUT2D eigenvalue weighted by Crippen LogP contribution is -2.32. The lowest BCUT2D eigenvalue weighted by Gasteiger charge is -2.14.